The Morgan fingerprint density at radius 1 is 1.14 bits per heavy atom. The van der Waals surface area contributed by atoms with Crippen molar-refractivity contribution in [3.8, 4) is 0 Å². The Bertz CT molecular complexity index is 908. The van der Waals surface area contributed by atoms with Gasteiger partial charge in [-0.1, -0.05) is 47.5 Å². The molecule has 0 unspecified atom stereocenters. The maximum Gasteiger partial charge on any atom is 0.243 e. The molecule has 0 aromatic heterocycles. The molecule has 0 aliphatic heterocycles. The van der Waals surface area contributed by atoms with Crippen LogP contribution in [0, 0.1) is 0 Å². The Labute approximate surface area is 181 Å². The number of carbonyl (C=O) groups is 1. The summed E-state index contributed by atoms with van der Waals surface area (Å²) in [6.07, 6.45) is 0.647. The Balaban J connectivity index is 2.18. The molecule has 0 radical (unpaired) electrons. The number of carbonyl (C=O) groups excluding carboxylic acids is 1. The highest BCUT2D eigenvalue weighted by molar-refractivity contribution is 7.89. The maximum atomic E-state index is 13.1. The third kappa shape index (κ3) is 7.28. The summed E-state index contributed by atoms with van der Waals surface area (Å²) in [6, 6.07) is 12.8. The van der Waals surface area contributed by atoms with E-state index in [1.165, 1.54) is 12.1 Å². The van der Waals surface area contributed by atoms with Gasteiger partial charge in [-0.25, -0.2) is 8.42 Å². The van der Waals surface area contributed by atoms with Gasteiger partial charge < -0.3 is 10.1 Å². The Hall–Kier alpha value is -1.64. The fourth-order valence-electron chi connectivity index (χ4n) is 2.57. The summed E-state index contributed by atoms with van der Waals surface area (Å²) >= 11 is 12.1. The second-order valence-corrected chi connectivity index (χ2v) is 9.00. The lowest BCUT2D eigenvalue weighted by molar-refractivity contribution is -0.121. The number of halogens is 2. The number of hydrogen-bond donors (Lipinski definition) is 1. The smallest absolute Gasteiger partial charge is 0.243 e. The average molecular weight is 459 g/mol. The van der Waals surface area contributed by atoms with Gasteiger partial charge in [0.2, 0.25) is 15.9 Å². The molecule has 1 N–H and O–H groups in total. The van der Waals surface area contributed by atoms with Crippen LogP contribution in [0.25, 0.3) is 0 Å². The van der Waals surface area contributed by atoms with E-state index in [0.29, 0.717) is 41.8 Å². The van der Waals surface area contributed by atoms with Crippen molar-refractivity contribution < 1.29 is 17.9 Å². The van der Waals surface area contributed by atoms with Crippen LogP contribution in [-0.2, 0) is 26.1 Å². The van der Waals surface area contributed by atoms with Crippen LogP contribution in [0.2, 0.25) is 10.0 Å². The van der Waals surface area contributed by atoms with Crippen LogP contribution < -0.4 is 5.32 Å². The minimum absolute atomic E-state index is 0.0560. The first-order valence-electron chi connectivity index (χ1n) is 9.18. The predicted octanol–water partition coefficient (Wildman–Crippen LogP) is 3.73. The van der Waals surface area contributed by atoms with Crippen LogP contribution in [0.1, 0.15) is 18.9 Å². The van der Waals surface area contributed by atoms with E-state index in [9.17, 15) is 13.2 Å². The second kappa shape index (κ2) is 11.5. The van der Waals surface area contributed by atoms with E-state index in [4.69, 9.17) is 27.9 Å². The van der Waals surface area contributed by atoms with Gasteiger partial charge in [0.25, 0.3) is 0 Å². The second-order valence-electron chi connectivity index (χ2n) is 6.22. The lowest BCUT2D eigenvalue weighted by Crippen LogP contribution is -2.40. The van der Waals surface area contributed by atoms with Crippen LogP contribution in [0.3, 0.4) is 0 Å². The summed E-state index contributed by atoms with van der Waals surface area (Å²) in [6.45, 7) is 3.05. The molecule has 0 saturated carbocycles. The Kier molecular flexibility index (Phi) is 9.39. The van der Waals surface area contributed by atoms with Crippen LogP contribution in [-0.4, -0.2) is 44.9 Å². The number of hydrogen-bond acceptors (Lipinski definition) is 4. The first-order chi connectivity index (χ1) is 13.8. The maximum absolute atomic E-state index is 13.1. The summed E-state index contributed by atoms with van der Waals surface area (Å²) in [5, 5.41) is 3.51. The SMILES string of the molecule is CCOCCCNC(=O)CN(Cc1ccc(Cl)cc1Cl)S(=O)(=O)c1ccccc1. The zero-order valence-corrected chi connectivity index (χ0v) is 18.4. The number of amides is 1. The van der Waals surface area contributed by atoms with Crippen molar-refractivity contribution >= 4 is 39.1 Å². The monoisotopic (exact) mass is 458 g/mol. The van der Waals surface area contributed by atoms with Crippen molar-refractivity contribution in [2.24, 2.45) is 0 Å². The molecular weight excluding hydrogens is 435 g/mol. The number of nitrogens with zero attached hydrogens (tertiary/aromatic N) is 1. The predicted molar refractivity (Wildman–Crippen MR) is 115 cm³/mol. The molecule has 2 rings (SSSR count). The van der Waals surface area contributed by atoms with E-state index in [2.05, 4.69) is 5.32 Å². The summed E-state index contributed by atoms with van der Waals surface area (Å²) < 4.78 is 32.6. The number of benzene rings is 2. The van der Waals surface area contributed by atoms with Gasteiger partial charge in [0, 0.05) is 36.3 Å². The molecule has 0 fully saturated rings. The highest BCUT2D eigenvalue weighted by Gasteiger charge is 2.27. The summed E-state index contributed by atoms with van der Waals surface area (Å²) in [5.74, 6) is -0.397. The van der Waals surface area contributed by atoms with Gasteiger partial charge in [-0.05, 0) is 43.2 Å². The number of rotatable bonds is 11. The van der Waals surface area contributed by atoms with E-state index in [1.54, 1.807) is 36.4 Å². The fourth-order valence-corrected chi connectivity index (χ4v) is 4.43. The van der Waals surface area contributed by atoms with Crippen LogP contribution in [0.4, 0.5) is 0 Å². The quantitative estimate of drug-likeness (QED) is 0.520. The molecule has 2 aromatic carbocycles. The normalized spacial score (nSPS) is 11.6. The molecule has 1 amide bonds. The largest absolute Gasteiger partial charge is 0.382 e. The lowest BCUT2D eigenvalue weighted by Gasteiger charge is -2.22. The van der Waals surface area contributed by atoms with Crippen molar-refractivity contribution in [1.82, 2.24) is 9.62 Å². The van der Waals surface area contributed by atoms with Gasteiger partial charge in [-0.2, -0.15) is 4.31 Å². The van der Waals surface area contributed by atoms with Crippen molar-refractivity contribution in [3.63, 3.8) is 0 Å². The van der Waals surface area contributed by atoms with Gasteiger partial charge in [0.05, 0.1) is 11.4 Å². The first kappa shape index (κ1) is 23.6. The van der Waals surface area contributed by atoms with Crippen molar-refractivity contribution in [2.45, 2.75) is 24.8 Å². The molecule has 0 heterocycles. The molecular formula is C20H24Cl2N2O4S. The Morgan fingerprint density at radius 2 is 1.86 bits per heavy atom. The van der Waals surface area contributed by atoms with E-state index in [-0.39, 0.29) is 18.0 Å². The van der Waals surface area contributed by atoms with E-state index in [0.717, 1.165) is 4.31 Å². The van der Waals surface area contributed by atoms with Crippen LogP contribution >= 0.6 is 23.2 Å². The van der Waals surface area contributed by atoms with Gasteiger partial charge in [0.15, 0.2) is 0 Å². The van der Waals surface area contributed by atoms with Crippen molar-refractivity contribution in [3.05, 3.63) is 64.1 Å². The van der Waals surface area contributed by atoms with Crippen LogP contribution in [0.5, 0.6) is 0 Å². The van der Waals surface area contributed by atoms with E-state index in [1.807, 2.05) is 6.92 Å². The summed E-state index contributed by atoms with van der Waals surface area (Å²) in [4.78, 5) is 12.5. The van der Waals surface area contributed by atoms with E-state index >= 15 is 0 Å². The van der Waals surface area contributed by atoms with Gasteiger partial charge in [-0.3, -0.25) is 4.79 Å². The standard InChI is InChI=1S/C20H24Cl2N2O4S/c1-2-28-12-6-11-23-20(25)15-24(14-16-9-10-17(21)13-19(16)22)29(26,27)18-7-4-3-5-8-18/h3-5,7-10,13H,2,6,11-12,14-15H2,1H3,(H,23,25). The third-order valence-corrected chi connectivity index (χ3v) is 6.45. The van der Waals surface area contributed by atoms with Crippen LogP contribution in [0.15, 0.2) is 53.4 Å². The van der Waals surface area contributed by atoms with E-state index < -0.39 is 15.9 Å². The zero-order chi connectivity index (χ0) is 21.3. The topological polar surface area (TPSA) is 75.7 Å². The minimum atomic E-state index is -3.90. The van der Waals surface area contributed by atoms with Crippen molar-refractivity contribution in [1.29, 1.82) is 0 Å². The Morgan fingerprint density at radius 3 is 2.52 bits per heavy atom. The summed E-state index contributed by atoms with van der Waals surface area (Å²) in [7, 11) is -3.90. The number of nitrogens with one attached hydrogen (secondary N) is 1. The highest BCUT2D eigenvalue weighted by atomic mass is 35.5. The molecule has 0 aliphatic carbocycles. The van der Waals surface area contributed by atoms with Gasteiger partial charge in [0.1, 0.15) is 0 Å². The zero-order valence-electron chi connectivity index (χ0n) is 16.1. The molecule has 2 aromatic rings. The van der Waals surface area contributed by atoms with Crippen molar-refractivity contribution in [2.75, 3.05) is 26.3 Å². The summed E-state index contributed by atoms with van der Waals surface area (Å²) in [5.41, 5.74) is 0.555. The molecule has 6 nitrogen and oxygen atoms in total. The molecule has 29 heavy (non-hydrogen) atoms. The molecule has 0 atom stereocenters. The number of sulfonamides is 1. The molecule has 0 spiro atoms. The van der Waals surface area contributed by atoms with Gasteiger partial charge in [-0.15, -0.1) is 0 Å². The lowest BCUT2D eigenvalue weighted by atomic mass is 10.2. The molecule has 0 saturated heterocycles. The molecule has 0 bridgehead atoms. The molecule has 0 aliphatic rings. The fraction of sp³-hybridized carbons (Fsp3) is 0.350. The molecule has 158 valence electrons. The minimum Gasteiger partial charge on any atom is -0.382 e. The number of ether oxygens (including phenoxy) is 1. The molecule has 9 heteroatoms. The first-order valence-corrected chi connectivity index (χ1v) is 11.4. The highest BCUT2D eigenvalue weighted by Crippen LogP contribution is 2.25. The average Bonchev–Trinajstić information content (AvgIpc) is 2.69. The van der Waals surface area contributed by atoms with Gasteiger partial charge >= 0.3 is 0 Å². The third-order valence-electron chi connectivity index (χ3n) is 4.05.